The van der Waals surface area contributed by atoms with Crippen molar-refractivity contribution >= 4 is 5.97 Å². The van der Waals surface area contributed by atoms with Crippen molar-refractivity contribution in [2.45, 2.75) is 6.10 Å². The van der Waals surface area contributed by atoms with Gasteiger partial charge in [0.25, 0.3) is 0 Å². The van der Waals surface area contributed by atoms with Crippen molar-refractivity contribution in [2.75, 3.05) is 0 Å². The second-order valence-electron chi connectivity index (χ2n) is 2.44. The number of hydrogen-bond donors (Lipinski definition) is 3. The molecule has 3 N–H and O–H groups in total. The largest absolute Gasteiger partial charge is 0.547 e. The van der Waals surface area contributed by atoms with Crippen LogP contribution in [0.5, 0.6) is 11.5 Å². The van der Waals surface area contributed by atoms with Crippen LogP contribution in [0.4, 0.5) is 0 Å². The van der Waals surface area contributed by atoms with Crippen LogP contribution in [0.2, 0.25) is 0 Å². The second kappa shape index (κ2) is 3.32. The first kappa shape index (κ1) is 9.34. The molecule has 1 aromatic carbocycles. The van der Waals surface area contributed by atoms with Crippen LogP contribution in [-0.2, 0) is 4.79 Å². The lowest BCUT2D eigenvalue weighted by Crippen LogP contribution is -2.29. The molecular formula is C8H7O5-. The van der Waals surface area contributed by atoms with E-state index in [1.54, 1.807) is 0 Å². The van der Waals surface area contributed by atoms with E-state index in [1.807, 2.05) is 0 Å². The maximum atomic E-state index is 10.2. The van der Waals surface area contributed by atoms with Crippen molar-refractivity contribution in [3.05, 3.63) is 23.8 Å². The number of para-hydroxylation sites is 1. The third-order valence-electron chi connectivity index (χ3n) is 1.56. The molecule has 0 spiro atoms. The zero-order valence-corrected chi connectivity index (χ0v) is 6.47. The van der Waals surface area contributed by atoms with Crippen LogP contribution in [-0.4, -0.2) is 21.3 Å². The predicted octanol–water partition coefficient (Wildman–Crippen LogP) is -1.12. The molecule has 1 aromatic rings. The van der Waals surface area contributed by atoms with E-state index in [2.05, 4.69) is 0 Å². The van der Waals surface area contributed by atoms with Gasteiger partial charge in [-0.2, -0.15) is 0 Å². The van der Waals surface area contributed by atoms with E-state index in [4.69, 9.17) is 15.3 Å². The number of benzene rings is 1. The summed E-state index contributed by atoms with van der Waals surface area (Å²) in [4.78, 5) is 10.2. The van der Waals surface area contributed by atoms with Crippen molar-refractivity contribution in [3.8, 4) is 11.5 Å². The number of phenols is 2. The number of carboxylic acids is 1. The first-order valence-electron chi connectivity index (χ1n) is 3.44. The molecule has 5 heteroatoms. The molecule has 0 aliphatic carbocycles. The van der Waals surface area contributed by atoms with Crippen LogP contribution in [0.15, 0.2) is 18.2 Å². The van der Waals surface area contributed by atoms with Crippen molar-refractivity contribution in [1.29, 1.82) is 0 Å². The Balaban J connectivity index is 3.15. The summed E-state index contributed by atoms with van der Waals surface area (Å²) in [5, 5.41) is 37.3. The molecule has 0 aromatic heterocycles. The number of carboxylic acid groups (broad SMARTS) is 1. The van der Waals surface area contributed by atoms with Crippen LogP contribution in [0.1, 0.15) is 11.7 Å². The fourth-order valence-electron chi connectivity index (χ4n) is 0.896. The molecule has 1 unspecified atom stereocenters. The number of carbonyl (C=O) groups is 1. The molecule has 0 amide bonds. The molecule has 0 saturated heterocycles. The minimum Gasteiger partial charge on any atom is -0.547 e. The number of hydrogen-bond acceptors (Lipinski definition) is 5. The van der Waals surface area contributed by atoms with E-state index in [1.165, 1.54) is 18.2 Å². The van der Waals surface area contributed by atoms with E-state index in [9.17, 15) is 9.90 Å². The topological polar surface area (TPSA) is 101 Å². The molecular weight excluding hydrogens is 176 g/mol. The molecule has 0 bridgehead atoms. The molecule has 0 aliphatic rings. The lowest BCUT2D eigenvalue weighted by Gasteiger charge is -2.13. The number of carbonyl (C=O) groups excluding carboxylic acids is 1. The second-order valence-corrected chi connectivity index (χ2v) is 2.44. The van der Waals surface area contributed by atoms with Gasteiger partial charge in [-0.25, -0.2) is 0 Å². The molecule has 0 heterocycles. The van der Waals surface area contributed by atoms with Gasteiger partial charge in [-0.3, -0.25) is 0 Å². The average Bonchev–Trinajstić information content (AvgIpc) is 2.08. The van der Waals surface area contributed by atoms with Crippen LogP contribution in [0.25, 0.3) is 0 Å². The normalized spacial score (nSPS) is 12.4. The van der Waals surface area contributed by atoms with Crippen LogP contribution < -0.4 is 5.11 Å². The molecule has 0 saturated carbocycles. The van der Waals surface area contributed by atoms with Gasteiger partial charge < -0.3 is 25.2 Å². The van der Waals surface area contributed by atoms with Crippen molar-refractivity contribution in [1.82, 2.24) is 0 Å². The monoisotopic (exact) mass is 183 g/mol. The van der Waals surface area contributed by atoms with E-state index >= 15 is 0 Å². The van der Waals surface area contributed by atoms with Gasteiger partial charge in [0.2, 0.25) is 0 Å². The van der Waals surface area contributed by atoms with E-state index in [0.29, 0.717) is 0 Å². The van der Waals surface area contributed by atoms with Crippen LogP contribution in [0.3, 0.4) is 0 Å². The Bertz CT molecular complexity index is 333. The summed E-state index contributed by atoms with van der Waals surface area (Å²) in [6.07, 6.45) is -1.94. The summed E-state index contributed by atoms with van der Waals surface area (Å²) < 4.78 is 0. The Labute approximate surface area is 73.5 Å². The predicted molar refractivity (Wildman–Crippen MR) is 39.7 cm³/mol. The summed E-state index contributed by atoms with van der Waals surface area (Å²) >= 11 is 0. The minimum absolute atomic E-state index is 0.292. The zero-order chi connectivity index (χ0) is 10.0. The van der Waals surface area contributed by atoms with E-state index < -0.39 is 23.6 Å². The Morgan fingerprint density at radius 2 is 2.00 bits per heavy atom. The third kappa shape index (κ3) is 1.70. The first-order valence-corrected chi connectivity index (χ1v) is 3.44. The molecule has 0 aliphatic heterocycles. The van der Waals surface area contributed by atoms with Crippen molar-refractivity contribution in [3.63, 3.8) is 0 Å². The SMILES string of the molecule is O=C([O-])C(O)c1cccc(O)c1O. The number of aliphatic carboxylic acids is 1. The molecule has 1 atom stereocenters. The highest BCUT2D eigenvalue weighted by Gasteiger charge is 2.15. The molecule has 70 valence electrons. The number of aliphatic hydroxyl groups excluding tert-OH is 1. The lowest BCUT2D eigenvalue weighted by molar-refractivity contribution is -0.315. The quantitative estimate of drug-likeness (QED) is 0.504. The maximum absolute atomic E-state index is 10.2. The Kier molecular flexibility index (Phi) is 2.39. The number of rotatable bonds is 2. The summed E-state index contributed by atoms with van der Waals surface area (Å²) in [5.74, 6) is -2.88. The Hall–Kier alpha value is -1.75. The molecule has 1 rings (SSSR count). The number of aliphatic hydroxyl groups is 1. The van der Waals surface area contributed by atoms with E-state index in [-0.39, 0.29) is 5.56 Å². The van der Waals surface area contributed by atoms with Crippen LogP contribution in [0, 0.1) is 0 Å². The highest BCUT2D eigenvalue weighted by Crippen LogP contribution is 2.32. The highest BCUT2D eigenvalue weighted by atomic mass is 16.4. The molecule has 5 nitrogen and oxygen atoms in total. The van der Waals surface area contributed by atoms with Gasteiger partial charge >= 0.3 is 0 Å². The smallest absolute Gasteiger partial charge is 0.163 e. The third-order valence-corrected chi connectivity index (χ3v) is 1.56. The lowest BCUT2D eigenvalue weighted by atomic mass is 10.1. The summed E-state index contributed by atoms with van der Waals surface area (Å²) in [7, 11) is 0. The van der Waals surface area contributed by atoms with Gasteiger partial charge in [-0.1, -0.05) is 12.1 Å². The number of aromatic hydroxyl groups is 2. The molecule has 13 heavy (non-hydrogen) atoms. The van der Waals surface area contributed by atoms with Crippen molar-refractivity contribution in [2.24, 2.45) is 0 Å². The number of phenolic OH excluding ortho intramolecular Hbond substituents is 2. The molecule has 0 radical (unpaired) electrons. The van der Waals surface area contributed by atoms with Gasteiger partial charge in [0.15, 0.2) is 11.5 Å². The highest BCUT2D eigenvalue weighted by molar-refractivity contribution is 5.73. The van der Waals surface area contributed by atoms with Gasteiger partial charge in [0.1, 0.15) is 6.10 Å². The van der Waals surface area contributed by atoms with Gasteiger partial charge in [0.05, 0.1) is 5.97 Å². The van der Waals surface area contributed by atoms with Crippen molar-refractivity contribution < 1.29 is 25.2 Å². The Morgan fingerprint density at radius 1 is 1.38 bits per heavy atom. The fourth-order valence-corrected chi connectivity index (χ4v) is 0.896. The standard InChI is InChI=1S/C8H8O5/c9-5-3-1-2-4(6(5)10)7(11)8(12)13/h1-3,7,9-11H,(H,12,13)/p-1. The first-order chi connectivity index (χ1) is 6.04. The van der Waals surface area contributed by atoms with Gasteiger partial charge in [0, 0.05) is 5.56 Å². The van der Waals surface area contributed by atoms with E-state index in [0.717, 1.165) is 0 Å². The Morgan fingerprint density at radius 3 is 2.54 bits per heavy atom. The summed E-state index contributed by atoms with van der Waals surface area (Å²) in [6.45, 7) is 0. The minimum atomic E-state index is -1.94. The zero-order valence-electron chi connectivity index (χ0n) is 6.47. The van der Waals surface area contributed by atoms with Crippen LogP contribution >= 0.6 is 0 Å². The maximum Gasteiger partial charge on any atom is 0.163 e. The van der Waals surface area contributed by atoms with Gasteiger partial charge in [-0.15, -0.1) is 0 Å². The fraction of sp³-hybridized carbons (Fsp3) is 0.125. The molecule has 0 fully saturated rings. The summed E-state index contributed by atoms with van der Waals surface area (Å²) in [6, 6.07) is 3.65. The van der Waals surface area contributed by atoms with Gasteiger partial charge in [-0.05, 0) is 6.07 Å². The summed E-state index contributed by atoms with van der Waals surface area (Å²) in [5.41, 5.74) is -0.292. The average molecular weight is 183 g/mol.